The summed E-state index contributed by atoms with van der Waals surface area (Å²) in [6.07, 6.45) is 3.62. The number of nitrogens with zero attached hydrogens (tertiary/aromatic N) is 2. The molecule has 0 saturated heterocycles. The van der Waals surface area contributed by atoms with E-state index in [-0.39, 0.29) is 42.5 Å². The fraction of sp³-hybridized carbons (Fsp3) is 0.167. The minimum Gasteiger partial charge on any atom is -0.348 e. The van der Waals surface area contributed by atoms with Gasteiger partial charge in [-0.1, -0.05) is 42.5 Å². The fourth-order valence-electron chi connectivity index (χ4n) is 4.30. The van der Waals surface area contributed by atoms with E-state index in [1.165, 1.54) is 0 Å². The molecule has 1 aliphatic rings. The summed E-state index contributed by atoms with van der Waals surface area (Å²) in [6, 6.07) is 13.7. The van der Waals surface area contributed by atoms with Gasteiger partial charge >= 0.3 is 0 Å². The van der Waals surface area contributed by atoms with Crippen molar-refractivity contribution in [2.24, 2.45) is 5.73 Å². The highest BCUT2D eigenvalue weighted by molar-refractivity contribution is 6.26. The standard InChI is InChI=1S/C24H20N4O3.ClH/c25-19(11-14-12-26-13-27-14)20(29)9-10-28-22-16-6-2-3-7-17(16)23(30)21(22)15-5-1-4-8-18(15)24(28)31;/h1-8,12-13,19H,9-11,25H2,(H,26,27);1H/t19-;/m0./s1. The fourth-order valence-corrected chi connectivity index (χ4v) is 4.30. The van der Waals surface area contributed by atoms with Crippen molar-refractivity contribution in [1.29, 1.82) is 0 Å². The van der Waals surface area contributed by atoms with Crippen molar-refractivity contribution in [3.63, 3.8) is 0 Å². The lowest BCUT2D eigenvalue weighted by molar-refractivity contribution is -0.120. The first-order chi connectivity index (χ1) is 15.1. The molecule has 4 aromatic rings. The van der Waals surface area contributed by atoms with E-state index in [2.05, 4.69) is 9.97 Å². The average molecular weight is 449 g/mol. The van der Waals surface area contributed by atoms with E-state index >= 15 is 0 Å². The highest BCUT2D eigenvalue weighted by Crippen LogP contribution is 2.39. The van der Waals surface area contributed by atoms with Gasteiger partial charge in [0.15, 0.2) is 11.6 Å². The van der Waals surface area contributed by atoms with Crippen LogP contribution in [0, 0.1) is 0 Å². The monoisotopic (exact) mass is 448 g/mol. The van der Waals surface area contributed by atoms with Crippen molar-refractivity contribution < 1.29 is 9.59 Å². The second kappa shape index (κ2) is 8.53. The molecule has 0 spiro atoms. The van der Waals surface area contributed by atoms with Gasteiger partial charge in [-0.15, -0.1) is 12.4 Å². The minimum atomic E-state index is -0.696. The van der Waals surface area contributed by atoms with E-state index in [9.17, 15) is 14.4 Å². The van der Waals surface area contributed by atoms with Crippen LogP contribution in [0.1, 0.15) is 28.0 Å². The smallest absolute Gasteiger partial charge is 0.258 e. The predicted octanol–water partition coefficient (Wildman–Crippen LogP) is 2.89. The van der Waals surface area contributed by atoms with Crippen LogP contribution in [0.25, 0.3) is 22.0 Å². The highest BCUT2D eigenvalue weighted by atomic mass is 35.5. The number of aromatic nitrogens is 3. The Labute approximate surface area is 189 Å². The van der Waals surface area contributed by atoms with Crippen LogP contribution in [0.5, 0.6) is 0 Å². The molecule has 0 bridgehead atoms. The van der Waals surface area contributed by atoms with Crippen molar-refractivity contribution in [1.82, 2.24) is 14.5 Å². The Balaban J connectivity index is 0.00000245. The lowest BCUT2D eigenvalue weighted by Crippen LogP contribution is -2.34. The molecule has 5 rings (SSSR count). The van der Waals surface area contributed by atoms with Gasteiger partial charge in [0, 0.05) is 53.2 Å². The lowest BCUT2D eigenvalue weighted by atomic mass is 10.0. The summed E-state index contributed by atoms with van der Waals surface area (Å²) >= 11 is 0. The van der Waals surface area contributed by atoms with Crippen molar-refractivity contribution >= 4 is 34.7 Å². The maximum absolute atomic E-state index is 13.3. The zero-order chi connectivity index (χ0) is 21.5. The van der Waals surface area contributed by atoms with Crippen molar-refractivity contribution in [3.8, 4) is 11.3 Å². The molecule has 0 saturated carbocycles. The van der Waals surface area contributed by atoms with Crippen LogP contribution in [-0.2, 0) is 17.8 Å². The molecule has 0 radical (unpaired) electrons. The summed E-state index contributed by atoms with van der Waals surface area (Å²) < 4.78 is 1.56. The molecule has 1 atom stereocenters. The Bertz CT molecular complexity index is 1390. The minimum absolute atomic E-state index is 0. The van der Waals surface area contributed by atoms with E-state index in [4.69, 9.17) is 5.73 Å². The number of ketones is 2. The van der Waals surface area contributed by atoms with E-state index in [1.807, 2.05) is 24.3 Å². The molecule has 2 aromatic heterocycles. The van der Waals surface area contributed by atoms with Gasteiger partial charge in [0.2, 0.25) is 0 Å². The number of nitrogens with one attached hydrogen (secondary N) is 1. The Hall–Kier alpha value is -3.55. The molecule has 0 unspecified atom stereocenters. The van der Waals surface area contributed by atoms with Crippen molar-refractivity contribution in [2.45, 2.75) is 25.4 Å². The molecule has 7 nitrogen and oxygen atoms in total. The lowest BCUT2D eigenvalue weighted by Gasteiger charge is -2.16. The van der Waals surface area contributed by atoms with Crippen molar-refractivity contribution in [2.75, 3.05) is 0 Å². The number of carbonyl (C=O) groups excluding carboxylic acids is 2. The number of rotatable bonds is 6. The third-order valence-corrected chi connectivity index (χ3v) is 5.82. The third kappa shape index (κ3) is 3.45. The largest absolute Gasteiger partial charge is 0.348 e. The van der Waals surface area contributed by atoms with Crippen LogP contribution < -0.4 is 11.3 Å². The van der Waals surface area contributed by atoms with Gasteiger partial charge in [-0.25, -0.2) is 4.98 Å². The Morgan fingerprint density at radius 3 is 2.44 bits per heavy atom. The number of hydrogen-bond acceptors (Lipinski definition) is 5. The SMILES string of the molecule is Cl.N[C@@H](Cc1cnc[nH]1)C(=O)CCn1c2c(c3ccccc3c1=O)C(=O)c1ccccc1-2. The molecule has 0 amide bonds. The first-order valence-electron chi connectivity index (χ1n) is 10.1. The summed E-state index contributed by atoms with van der Waals surface area (Å²) in [6.45, 7) is 0.156. The molecule has 8 heteroatoms. The second-order valence-corrected chi connectivity index (χ2v) is 7.70. The summed E-state index contributed by atoms with van der Waals surface area (Å²) in [5, 5.41) is 1.11. The molecule has 0 fully saturated rings. The molecule has 162 valence electrons. The van der Waals surface area contributed by atoms with Gasteiger partial charge in [-0.3, -0.25) is 14.4 Å². The number of Topliss-reactive ketones (excluding diaryl/α,β-unsaturated/α-hetero) is 1. The predicted molar refractivity (Wildman–Crippen MR) is 124 cm³/mol. The summed E-state index contributed by atoms with van der Waals surface area (Å²) in [4.78, 5) is 46.1. The number of carbonyl (C=O) groups is 2. The number of fused-ring (bicyclic) bond motifs is 5. The molecular formula is C24H21ClN4O3. The number of hydrogen-bond donors (Lipinski definition) is 2. The second-order valence-electron chi connectivity index (χ2n) is 7.70. The topological polar surface area (TPSA) is 111 Å². The van der Waals surface area contributed by atoms with Crippen LogP contribution in [0.2, 0.25) is 0 Å². The van der Waals surface area contributed by atoms with Gasteiger partial charge in [-0.2, -0.15) is 0 Å². The maximum atomic E-state index is 13.3. The molecular weight excluding hydrogens is 428 g/mol. The van der Waals surface area contributed by atoms with Gasteiger partial charge in [-0.05, 0) is 6.07 Å². The third-order valence-electron chi connectivity index (χ3n) is 5.82. The summed E-state index contributed by atoms with van der Waals surface area (Å²) in [5.74, 6) is -0.251. The summed E-state index contributed by atoms with van der Waals surface area (Å²) in [7, 11) is 0. The Morgan fingerprint density at radius 2 is 1.72 bits per heavy atom. The summed E-state index contributed by atoms with van der Waals surface area (Å²) in [5.41, 5.74) is 9.04. The van der Waals surface area contributed by atoms with E-state index in [0.29, 0.717) is 34.0 Å². The van der Waals surface area contributed by atoms with E-state index in [0.717, 1.165) is 11.3 Å². The quantitative estimate of drug-likeness (QED) is 0.415. The molecule has 3 N–H and O–H groups in total. The van der Waals surface area contributed by atoms with Gasteiger partial charge < -0.3 is 15.3 Å². The molecule has 0 aliphatic heterocycles. The van der Waals surface area contributed by atoms with Crippen molar-refractivity contribution in [3.05, 3.63) is 88.2 Å². The van der Waals surface area contributed by atoms with E-state index in [1.54, 1.807) is 41.4 Å². The van der Waals surface area contributed by atoms with E-state index < -0.39 is 6.04 Å². The van der Waals surface area contributed by atoms with Crippen LogP contribution >= 0.6 is 12.4 Å². The molecule has 2 heterocycles. The Kier molecular flexibility index (Phi) is 5.78. The van der Waals surface area contributed by atoms with Gasteiger partial charge in [0.1, 0.15) is 0 Å². The first-order valence-corrected chi connectivity index (χ1v) is 10.1. The van der Waals surface area contributed by atoms with Crippen LogP contribution in [0.4, 0.5) is 0 Å². The zero-order valence-electron chi connectivity index (χ0n) is 17.1. The number of benzene rings is 2. The van der Waals surface area contributed by atoms with Gasteiger partial charge in [0.05, 0.1) is 23.6 Å². The van der Waals surface area contributed by atoms with Crippen LogP contribution in [0.15, 0.2) is 65.8 Å². The number of imidazole rings is 1. The number of nitrogens with two attached hydrogens (primary N) is 1. The average Bonchev–Trinajstić information content (AvgIpc) is 3.40. The number of pyridine rings is 1. The number of halogens is 1. The zero-order valence-corrected chi connectivity index (χ0v) is 17.9. The first kappa shape index (κ1) is 21.7. The molecule has 2 aromatic carbocycles. The normalized spacial score (nSPS) is 12.8. The number of H-pyrrole nitrogens is 1. The highest BCUT2D eigenvalue weighted by Gasteiger charge is 2.32. The Morgan fingerprint density at radius 1 is 1.03 bits per heavy atom. The molecule has 32 heavy (non-hydrogen) atoms. The maximum Gasteiger partial charge on any atom is 0.258 e. The number of aromatic amines is 1. The molecule has 1 aliphatic carbocycles. The van der Waals surface area contributed by atoms with Gasteiger partial charge in [0.25, 0.3) is 5.56 Å². The van der Waals surface area contributed by atoms with Crippen LogP contribution in [0.3, 0.4) is 0 Å². The van der Waals surface area contributed by atoms with Crippen LogP contribution in [-0.4, -0.2) is 32.1 Å².